The van der Waals surface area contributed by atoms with Gasteiger partial charge in [-0.15, -0.1) is 0 Å². The van der Waals surface area contributed by atoms with E-state index in [0.29, 0.717) is 17.1 Å². The first-order valence-corrected chi connectivity index (χ1v) is 8.90. The first-order chi connectivity index (χ1) is 13.9. The summed E-state index contributed by atoms with van der Waals surface area (Å²) >= 11 is 0. The Balaban J connectivity index is 1.60. The molecule has 0 bridgehead atoms. The van der Waals surface area contributed by atoms with Crippen LogP contribution >= 0.6 is 0 Å². The molecule has 4 rings (SSSR count). The van der Waals surface area contributed by atoms with Crippen molar-refractivity contribution in [2.24, 2.45) is 4.99 Å². The van der Waals surface area contributed by atoms with E-state index in [1.54, 1.807) is 25.1 Å². The van der Waals surface area contributed by atoms with E-state index in [9.17, 15) is 15.2 Å². The van der Waals surface area contributed by atoms with Crippen molar-refractivity contribution in [3.63, 3.8) is 0 Å². The van der Waals surface area contributed by atoms with Crippen molar-refractivity contribution in [1.82, 2.24) is 4.98 Å². The number of nitro groups is 1. The molecule has 1 N–H and O–H groups in total. The van der Waals surface area contributed by atoms with Crippen LogP contribution in [0.4, 0.5) is 11.4 Å². The maximum Gasteiger partial charge on any atom is 0.311 e. The molecule has 0 saturated carbocycles. The standard InChI is InChI=1S/C22H17N3O4/c1-13-3-8-18-20(11-13)29-22(24-18)15-4-6-17(7-5-15)23-12-16-9-14(2)10-19(21(16)26)25(27)28/h3-12,26H,1-2H3. The molecule has 3 aromatic carbocycles. The van der Waals surface area contributed by atoms with Gasteiger partial charge in [0, 0.05) is 23.4 Å². The number of phenolic OH excluding ortho intramolecular Hbond substituents is 1. The number of fused-ring (bicyclic) bond motifs is 1. The van der Waals surface area contributed by atoms with Gasteiger partial charge in [-0.25, -0.2) is 4.98 Å². The van der Waals surface area contributed by atoms with Gasteiger partial charge in [-0.1, -0.05) is 6.07 Å². The van der Waals surface area contributed by atoms with Crippen molar-refractivity contribution in [1.29, 1.82) is 0 Å². The van der Waals surface area contributed by atoms with Crippen LogP contribution in [0, 0.1) is 24.0 Å². The minimum Gasteiger partial charge on any atom is -0.502 e. The monoisotopic (exact) mass is 387 g/mol. The van der Waals surface area contributed by atoms with Crippen LogP contribution in [0.15, 0.2) is 64.0 Å². The lowest BCUT2D eigenvalue weighted by atomic mass is 10.1. The summed E-state index contributed by atoms with van der Waals surface area (Å²) in [6.07, 6.45) is 1.41. The summed E-state index contributed by atoms with van der Waals surface area (Å²) < 4.78 is 5.82. The van der Waals surface area contributed by atoms with Gasteiger partial charge in [-0.2, -0.15) is 0 Å². The summed E-state index contributed by atoms with van der Waals surface area (Å²) in [5.41, 5.74) is 4.68. The summed E-state index contributed by atoms with van der Waals surface area (Å²) in [6.45, 7) is 3.72. The Hall–Kier alpha value is -4.00. The molecule has 0 unspecified atom stereocenters. The fourth-order valence-corrected chi connectivity index (χ4v) is 3.01. The first-order valence-electron chi connectivity index (χ1n) is 8.90. The van der Waals surface area contributed by atoms with Gasteiger partial charge in [0.15, 0.2) is 5.58 Å². The van der Waals surface area contributed by atoms with Gasteiger partial charge >= 0.3 is 5.69 Å². The molecule has 1 heterocycles. The zero-order valence-electron chi connectivity index (χ0n) is 15.8. The number of aromatic hydroxyl groups is 1. The average Bonchev–Trinajstić information content (AvgIpc) is 3.11. The minimum atomic E-state index is -0.615. The van der Waals surface area contributed by atoms with Gasteiger partial charge < -0.3 is 9.52 Å². The molecule has 0 saturated heterocycles. The van der Waals surface area contributed by atoms with Crippen LogP contribution in [0.5, 0.6) is 5.75 Å². The van der Waals surface area contributed by atoms with Crippen molar-refractivity contribution in [3.8, 4) is 17.2 Å². The lowest BCUT2D eigenvalue weighted by Gasteiger charge is -2.02. The fourth-order valence-electron chi connectivity index (χ4n) is 3.01. The number of aromatic nitrogens is 1. The molecule has 0 aliphatic rings. The zero-order chi connectivity index (χ0) is 20.5. The number of nitro benzene ring substituents is 1. The van der Waals surface area contributed by atoms with Crippen molar-refractivity contribution in [2.45, 2.75) is 13.8 Å². The van der Waals surface area contributed by atoms with Crippen molar-refractivity contribution >= 4 is 28.7 Å². The number of nitrogens with zero attached hydrogens (tertiary/aromatic N) is 3. The predicted octanol–water partition coefficient (Wildman–Crippen LogP) is 5.48. The molecule has 144 valence electrons. The zero-order valence-corrected chi connectivity index (χ0v) is 15.8. The van der Waals surface area contributed by atoms with Gasteiger partial charge in [0.25, 0.3) is 0 Å². The lowest BCUT2D eigenvalue weighted by molar-refractivity contribution is -0.385. The number of rotatable bonds is 4. The molecule has 0 fully saturated rings. The lowest BCUT2D eigenvalue weighted by Crippen LogP contribution is -1.93. The van der Waals surface area contributed by atoms with E-state index in [-0.39, 0.29) is 11.3 Å². The van der Waals surface area contributed by atoms with E-state index in [1.807, 2.05) is 37.3 Å². The number of oxazole rings is 1. The van der Waals surface area contributed by atoms with E-state index in [2.05, 4.69) is 9.98 Å². The Morgan fingerprint density at radius 1 is 1.07 bits per heavy atom. The molecule has 0 atom stereocenters. The molecular weight excluding hydrogens is 370 g/mol. The highest BCUT2D eigenvalue weighted by atomic mass is 16.6. The number of phenols is 1. The summed E-state index contributed by atoms with van der Waals surface area (Å²) in [5.74, 6) is 0.121. The highest BCUT2D eigenvalue weighted by Gasteiger charge is 2.17. The topological polar surface area (TPSA) is 102 Å². The molecule has 0 aliphatic carbocycles. The summed E-state index contributed by atoms with van der Waals surface area (Å²) in [4.78, 5) is 19.2. The molecule has 4 aromatic rings. The van der Waals surface area contributed by atoms with Gasteiger partial charge in [0.1, 0.15) is 5.52 Å². The Bertz CT molecular complexity index is 1260. The molecule has 29 heavy (non-hydrogen) atoms. The summed E-state index contributed by atoms with van der Waals surface area (Å²) in [5, 5.41) is 21.1. The Morgan fingerprint density at radius 3 is 2.55 bits per heavy atom. The fraction of sp³-hybridized carbons (Fsp3) is 0.0909. The molecule has 0 amide bonds. The van der Waals surface area contributed by atoms with Gasteiger partial charge in [0.2, 0.25) is 11.6 Å². The number of hydrogen-bond acceptors (Lipinski definition) is 6. The Labute approximate surface area is 166 Å². The molecular formula is C22H17N3O4. The van der Waals surface area contributed by atoms with Crippen molar-refractivity contribution < 1.29 is 14.4 Å². The van der Waals surface area contributed by atoms with Crippen LogP contribution in [-0.4, -0.2) is 21.2 Å². The highest BCUT2D eigenvalue weighted by Crippen LogP contribution is 2.31. The molecule has 7 heteroatoms. The quantitative estimate of drug-likeness (QED) is 0.284. The third kappa shape index (κ3) is 3.70. The number of hydrogen-bond donors (Lipinski definition) is 1. The summed E-state index contributed by atoms with van der Waals surface area (Å²) in [6, 6.07) is 16.1. The summed E-state index contributed by atoms with van der Waals surface area (Å²) in [7, 11) is 0. The molecule has 0 aliphatic heterocycles. The Morgan fingerprint density at radius 2 is 1.83 bits per heavy atom. The van der Waals surface area contributed by atoms with Crippen molar-refractivity contribution in [3.05, 3.63) is 81.4 Å². The van der Waals surface area contributed by atoms with E-state index < -0.39 is 10.7 Å². The second-order valence-electron chi connectivity index (χ2n) is 6.77. The number of benzene rings is 3. The minimum absolute atomic E-state index is 0.287. The van der Waals surface area contributed by atoms with Gasteiger partial charge in [0.05, 0.1) is 10.6 Å². The molecule has 0 spiro atoms. The van der Waals surface area contributed by atoms with Crippen LogP contribution in [-0.2, 0) is 0 Å². The second-order valence-corrected chi connectivity index (χ2v) is 6.77. The van der Waals surface area contributed by atoms with Crippen LogP contribution in [0.1, 0.15) is 16.7 Å². The Kier molecular flexibility index (Phi) is 4.56. The van der Waals surface area contributed by atoms with Gasteiger partial charge in [-0.05, 0) is 67.4 Å². The predicted molar refractivity (Wildman–Crippen MR) is 111 cm³/mol. The second kappa shape index (κ2) is 7.20. The van der Waals surface area contributed by atoms with Gasteiger partial charge in [-0.3, -0.25) is 15.1 Å². The third-order valence-electron chi connectivity index (χ3n) is 4.47. The largest absolute Gasteiger partial charge is 0.502 e. The third-order valence-corrected chi connectivity index (χ3v) is 4.47. The highest BCUT2D eigenvalue weighted by molar-refractivity contribution is 5.88. The van der Waals surface area contributed by atoms with E-state index in [4.69, 9.17) is 4.42 Å². The smallest absolute Gasteiger partial charge is 0.311 e. The first kappa shape index (κ1) is 18.4. The normalized spacial score (nSPS) is 11.4. The number of aliphatic imine (C=N–C) groups is 1. The van der Waals surface area contributed by atoms with E-state index in [0.717, 1.165) is 22.2 Å². The SMILES string of the molecule is Cc1cc(C=Nc2ccc(-c3nc4ccc(C)cc4o3)cc2)c(O)c([N+](=O)[O-])c1. The van der Waals surface area contributed by atoms with Crippen LogP contribution < -0.4 is 0 Å². The number of aryl methyl sites for hydroxylation is 2. The van der Waals surface area contributed by atoms with E-state index >= 15 is 0 Å². The maximum absolute atomic E-state index is 11.0. The average molecular weight is 387 g/mol. The van der Waals surface area contributed by atoms with Crippen molar-refractivity contribution in [2.75, 3.05) is 0 Å². The molecule has 1 aromatic heterocycles. The molecule has 0 radical (unpaired) electrons. The molecule has 7 nitrogen and oxygen atoms in total. The van der Waals surface area contributed by atoms with Crippen LogP contribution in [0.25, 0.3) is 22.6 Å². The van der Waals surface area contributed by atoms with Crippen LogP contribution in [0.2, 0.25) is 0 Å². The van der Waals surface area contributed by atoms with Crippen LogP contribution in [0.3, 0.4) is 0 Å². The maximum atomic E-state index is 11.0. The van der Waals surface area contributed by atoms with E-state index in [1.165, 1.54) is 12.3 Å².